The molecule has 0 rings (SSSR count). The van der Waals surface area contributed by atoms with Gasteiger partial charge in [-0.3, -0.25) is 4.55 Å². The van der Waals surface area contributed by atoms with Crippen molar-refractivity contribution in [3.63, 3.8) is 0 Å². The van der Waals surface area contributed by atoms with E-state index in [-0.39, 0.29) is 22.5 Å². The predicted molar refractivity (Wildman–Crippen MR) is 101 cm³/mol. The van der Waals surface area contributed by atoms with Crippen molar-refractivity contribution < 1.29 is 18.1 Å². The van der Waals surface area contributed by atoms with Crippen LogP contribution in [0.5, 0.6) is 0 Å². The van der Waals surface area contributed by atoms with Gasteiger partial charge >= 0.3 is 0 Å². The van der Waals surface area contributed by atoms with E-state index in [9.17, 15) is 13.0 Å². The van der Waals surface area contributed by atoms with Gasteiger partial charge in [-0.25, -0.2) is 0 Å². The van der Waals surface area contributed by atoms with Crippen molar-refractivity contribution >= 4 is 21.9 Å². The van der Waals surface area contributed by atoms with Crippen molar-refractivity contribution in [2.24, 2.45) is 10.8 Å². The second-order valence-corrected chi connectivity index (χ2v) is 10.6. The molecule has 0 spiro atoms. The van der Waals surface area contributed by atoms with Gasteiger partial charge in [0.05, 0.1) is 5.75 Å². The number of aliphatic hydroxyl groups is 1. The van der Waals surface area contributed by atoms with E-state index in [0.29, 0.717) is 0 Å². The molecule has 0 aromatic heterocycles. The zero-order chi connectivity index (χ0) is 18.4. The van der Waals surface area contributed by atoms with Gasteiger partial charge in [0.1, 0.15) is 0 Å². The van der Waals surface area contributed by atoms with Crippen molar-refractivity contribution in [2.75, 3.05) is 18.1 Å². The molecule has 0 heterocycles. The summed E-state index contributed by atoms with van der Waals surface area (Å²) in [5.74, 6) is 0.659. The molecule has 0 radical (unpaired) electrons. The Balaban J connectivity index is 5.59. The molecule has 23 heavy (non-hydrogen) atoms. The van der Waals surface area contributed by atoms with E-state index >= 15 is 0 Å². The molecule has 0 saturated heterocycles. The lowest BCUT2D eigenvalue weighted by Crippen LogP contribution is -2.46. The van der Waals surface area contributed by atoms with E-state index < -0.39 is 15.5 Å². The van der Waals surface area contributed by atoms with Crippen molar-refractivity contribution in [3.8, 4) is 0 Å². The lowest BCUT2D eigenvalue weighted by molar-refractivity contribution is 0.0595. The highest BCUT2D eigenvalue weighted by atomic mass is 32.2. The third-order valence-electron chi connectivity index (χ3n) is 5.78. The first-order valence-corrected chi connectivity index (χ1v) is 11.2. The fourth-order valence-electron chi connectivity index (χ4n) is 3.43. The standard InChI is InChI=1S/C17H36O4S2/c1-7-15(4,8-2)16(5,14-23(19,20)21)13-17(6,9-3)22-12-10-11-18/h18H,7-14H2,1-6H3,(H,19,20,21). The second kappa shape index (κ2) is 9.07. The highest BCUT2D eigenvalue weighted by molar-refractivity contribution is 8.00. The summed E-state index contributed by atoms with van der Waals surface area (Å²) < 4.78 is 32.8. The zero-order valence-electron chi connectivity index (χ0n) is 15.7. The second-order valence-electron chi connectivity index (χ2n) is 7.46. The van der Waals surface area contributed by atoms with Gasteiger partial charge in [0, 0.05) is 11.4 Å². The Labute approximate surface area is 147 Å². The summed E-state index contributed by atoms with van der Waals surface area (Å²) in [5.41, 5.74) is -0.655. The summed E-state index contributed by atoms with van der Waals surface area (Å²) in [6.07, 6.45) is 4.14. The summed E-state index contributed by atoms with van der Waals surface area (Å²) >= 11 is 1.80. The van der Waals surface area contributed by atoms with Gasteiger partial charge in [0.2, 0.25) is 0 Å². The van der Waals surface area contributed by atoms with Crippen LogP contribution in [0.25, 0.3) is 0 Å². The summed E-state index contributed by atoms with van der Waals surface area (Å²) in [4.78, 5) is 0. The Morgan fingerprint density at radius 2 is 1.48 bits per heavy atom. The number of hydrogen-bond donors (Lipinski definition) is 2. The molecule has 0 aromatic carbocycles. The molecule has 0 amide bonds. The fourth-order valence-corrected chi connectivity index (χ4v) is 6.08. The monoisotopic (exact) mass is 368 g/mol. The van der Waals surface area contributed by atoms with Gasteiger partial charge in [-0.2, -0.15) is 20.2 Å². The third-order valence-corrected chi connectivity index (χ3v) is 8.41. The molecule has 0 aromatic rings. The lowest BCUT2D eigenvalue weighted by atomic mass is 9.60. The molecular weight excluding hydrogens is 332 g/mol. The van der Waals surface area contributed by atoms with Crippen LogP contribution in [0.15, 0.2) is 0 Å². The van der Waals surface area contributed by atoms with Crippen LogP contribution in [-0.2, 0) is 10.1 Å². The maximum atomic E-state index is 11.7. The number of hydrogen-bond acceptors (Lipinski definition) is 4. The molecule has 0 bridgehead atoms. The summed E-state index contributed by atoms with van der Waals surface area (Å²) in [6, 6.07) is 0. The predicted octanol–water partition coefficient (Wildman–Crippen LogP) is 4.38. The minimum absolute atomic E-state index is 0.0692. The first-order valence-electron chi connectivity index (χ1n) is 8.61. The zero-order valence-corrected chi connectivity index (χ0v) is 17.3. The Morgan fingerprint density at radius 3 is 1.83 bits per heavy atom. The molecule has 6 heteroatoms. The summed E-state index contributed by atoms with van der Waals surface area (Å²) in [5, 5.41) is 9.00. The molecule has 4 nitrogen and oxygen atoms in total. The normalized spacial score (nSPS) is 18.4. The number of thioether (sulfide) groups is 1. The molecule has 2 N–H and O–H groups in total. The summed E-state index contributed by atoms with van der Waals surface area (Å²) in [6.45, 7) is 12.8. The first-order chi connectivity index (χ1) is 10.4. The fraction of sp³-hybridized carbons (Fsp3) is 1.00. The topological polar surface area (TPSA) is 74.6 Å². The highest BCUT2D eigenvalue weighted by Gasteiger charge is 2.48. The van der Waals surface area contributed by atoms with Gasteiger partial charge in [-0.05, 0) is 35.8 Å². The van der Waals surface area contributed by atoms with Gasteiger partial charge < -0.3 is 5.11 Å². The largest absolute Gasteiger partial charge is 0.396 e. The molecule has 0 aliphatic carbocycles. The van der Waals surface area contributed by atoms with Crippen molar-refractivity contribution in [2.45, 2.75) is 78.4 Å². The van der Waals surface area contributed by atoms with E-state index in [1.165, 1.54) is 0 Å². The molecule has 2 unspecified atom stereocenters. The molecule has 140 valence electrons. The van der Waals surface area contributed by atoms with E-state index in [1.54, 1.807) is 11.8 Å². The van der Waals surface area contributed by atoms with E-state index in [2.05, 4.69) is 34.6 Å². The van der Waals surface area contributed by atoms with Crippen LogP contribution in [0.2, 0.25) is 0 Å². The van der Waals surface area contributed by atoms with E-state index in [4.69, 9.17) is 5.11 Å². The average molecular weight is 369 g/mol. The van der Waals surface area contributed by atoms with Crippen LogP contribution in [0.1, 0.15) is 73.6 Å². The van der Waals surface area contributed by atoms with Gasteiger partial charge in [0.15, 0.2) is 0 Å². The highest BCUT2D eigenvalue weighted by Crippen LogP contribution is 2.53. The lowest BCUT2D eigenvalue weighted by Gasteiger charge is -2.49. The SMILES string of the molecule is CCC(C)(CC(C)(CS(=O)(=O)O)C(C)(CC)CC)SCCCO. The number of aliphatic hydroxyl groups excluding tert-OH is 1. The quantitative estimate of drug-likeness (QED) is 0.395. The van der Waals surface area contributed by atoms with Crippen molar-refractivity contribution in [3.05, 3.63) is 0 Å². The van der Waals surface area contributed by atoms with Crippen LogP contribution in [-0.4, -0.2) is 40.9 Å². The average Bonchev–Trinajstić information content (AvgIpc) is 2.44. The first kappa shape index (κ1) is 23.2. The molecule has 0 fully saturated rings. The Kier molecular flexibility index (Phi) is 9.15. The Bertz CT molecular complexity index is 446. The van der Waals surface area contributed by atoms with Crippen LogP contribution < -0.4 is 0 Å². The maximum absolute atomic E-state index is 11.7. The van der Waals surface area contributed by atoms with Crippen molar-refractivity contribution in [1.29, 1.82) is 0 Å². The third kappa shape index (κ3) is 6.92. The Morgan fingerprint density at radius 1 is 0.957 bits per heavy atom. The molecule has 2 atom stereocenters. The minimum Gasteiger partial charge on any atom is -0.396 e. The van der Waals surface area contributed by atoms with Crippen LogP contribution in [0, 0.1) is 10.8 Å². The smallest absolute Gasteiger partial charge is 0.265 e. The number of rotatable bonds is 12. The molecule has 0 aliphatic rings. The van der Waals surface area contributed by atoms with Crippen LogP contribution >= 0.6 is 11.8 Å². The van der Waals surface area contributed by atoms with Gasteiger partial charge in [0.25, 0.3) is 10.1 Å². The van der Waals surface area contributed by atoms with E-state index in [1.807, 2.05) is 6.92 Å². The maximum Gasteiger partial charge on any atom is 0.265 e. The van der Waals surface area contributed by atoms with Gasteiger partial charge in [-0.1, -0.05) is 54.4 Å². The minimum atomic E-state index is -4.04. The van der Waals surface area contributed by atoms with Crippen LogP contribution in [0.3, 0.4) is 0 Å². The van der Waals surface area contributed by atoms with Gasteiger partial charge in [-0.15, -0.1) is 0 Å². The summed E-state index contributed by atoms with van der Waals surface area (Å²) in [7, 11) is -4.04. The molecule has 0 saturated carbocycles. The van der Waals surface area contributed by atoms with E-state index in [0.717, 1.165) is 37.9 Å². The molecular formula is C17H36O4S2. The van der Waals surface area contributed by atoms with Crippen molar-refractivity contribution in [1.82, 2.24) is 0 Å². The molecule has 0 aliphatic heterocycles. The van der Waals surface area contributed by atoms with Crippen LogP contribution in [0.4, 0.5) is 0 Å². The Hall–Kier alpha value is 0.220.